The minimum absolute atomic E-state index is 0.0240. The van der Waals surface area contributed by atoms with Gasteiger partial charge >= 0.3 is 0 Å². The number of piperazine rings is 1. The van der Waals surface area contributed by atoms with Crippen molar-refractivity contribution in [2.45, 2.75) is 6.92 Å². The third-order valence-electron chi connectivity index (χ3n) is 3.04. The molecule has 0 unspecified atom stereocenters. The molecule has 1 aromatic rings. The maximum absolute atomic E-state index is 11.9. The smallest absolute Gasteiger partial charge is 0.260 e. The average molecular weight is 269 g/mol. The van der Waals surface area contributed by atoms with Gasteiger partial charge in [0, 0.05) is 36.8 Å². The van der Waals surface area contributed by atoms with Gasteiger partial charge in [-0.15, -0.1) is 0 Å². The molecule has 1 saturated heterocycles. The molecule has 4 nitrogen and oxygen atoms in total. The molecule has 0 bridgehead atoms. The lowest BCUT2D eigenvalue weighted by molar-refractivity contribution is -0.133. The molecule has 1 aliphatic heterocycles. The SMILES string of the molecule is Cc1c(Cl)cccc1OCC(=O)N1CCNCC1. The fraction of sp³-hybridized carbons (Fsp3) is 0.462. The van der Waals surface area contributed by atoms with Gasteiger partial charge in [0.25, 0.3) is 5.91 Å². The first-order valence-electron chi connectivity index (χ1n) is 6.05. The van der Waals surface area contributed by atoms with Crippen LogP contribution in [0.3, 0.4) is 0 Å². The van der Waals surface area contributed by atoms with E-state index in [4.69, 9.17) is 16.3 Å². The summed E-state index contributed by atoms with van der Waals surface area (Å²) in [5, 5.41) is 3.86. The van der Waals surface area contributed by atoms with Crippen LogP contribution in [0.4, 0.5) is 0 Å². The molecule has 0 atom stereocenters. The Hall–Kier alpha value is -1.26. The van der Waals surface area contributed by atoms with Crippen molar-refractivity contribution in [2.75, 3.05) is 32.8 Å². The van der Waals surface area contributed by atoms with E-state index in [1.165, 1.54) is 0 Å². The van der Waals surface area contributed by atoms with Gasteiger partial charge in [0.1, 0.15) is 5.75 Å². The van der Waals surface area contributed by atoms with E-state index in [1.54, 1.807) is 0 Å². The molecule has 1 aromatic carbocycles. The van der Waals surface area contributed by atoms with Gasteiger partial charge in [-0.3, -0.25) is 4.79 Å². The molecule has 98 valence electrons. The van der Waals surface area contributed by atoms with Crippen LogP contribution in [-0.4, -0.2) is 43.6 Å². The number of carbonyl (C=O) groups is 1. The summed E-state index contributed by atoms with van der Waals surface area (Å²) < 4.78 is 5.54. The van der Waals surface area contributed by atoms with Crippen molar-refractivity contribution in [3.05, 3.63) is 28.8 Å². The molecule has 1 N–H and O–H groups in total. The molecule has 0 aliphatic carbocycles. The predicted octanol–water partition coefficient (Wildman–Crippen LogP) is 1.46. The normalized spacial score (nSPS) is 15.6. The lowest BCUT2D eigenvalue weighted by atomic mass is 10.2. The third kappa shape index (κ3) is 3.15. The van der Waals surface area contributed by atoms with E-state index in [0.29, 0.717) is 10.8 Å². The van der Waals surface area contributed by atoms with Gasteiger partial charge in [-0.05, 0) is 19.1 Å². The number of nitrogens with zero attached hydrogens (tertiary/aromatic N) is 1. The first-order valence-corrected chi connectivity index (χ1v) is 6.42. The minimum atomic E-state index is 0.0240. The van der Waals surface area contributed by atoms with Crippen LogP contribution in [-0.2, 0) is 4.79 Å². The highest BCUT2D eigenvalue weighted by atomic mass is 35.5. The Morgan fingerprint density at radius 1 is 1.44 bits per heavy atom. The van der Waals surface area contributed by atoms with Crippen molar-refractivity contribution in [1.82, 2.24) is 10.2 Å². The molecule has 1 fully saturated rings. The standard InChI is InChI=1S/C13H17ClN2O2/c1-10-11(14)3-2-4-12(10)18-9-13(17)16-7-5-15-6-8-16/h2-4,15H,5-9H2,1H3. The number of halogens is 1. The summed E-state index contributed by atoms with van der Waals surface area (Å²) in [6.45, 7) is 5.14. The molecule has 0 spiro atoms. The lowest BCUT2D eigenvalue weighted by Crippen LogP contribution is -2.47. The van der Waals surface area contributed by atoms with Gasteiger partial charge < -0.3 is 15.0 Å². The number of rotatable bonds is 3. The summed E-state index contributed by atoms with van der Waals surface area (Å²) in [6.07, 6.45) is 0. The number of benzene rings is 1. The van der Waals surface area contributed by atoms with E-state index >= 15 is 0 Å². The van der Waals surface area contributed by atoms with Crippen molar-refractivity contribution in [3.63, 3.8) is 0 Å². The Labute approximate surface area is 112 Å². The Bertz CT molecular complexity index is 431. The third-order valence-corrected chi connectivity index (χ3v) is 3.45. The summed E-state index contributed by atoms with van der Waals surface area (Å²) in [5.41, 5.74) is 0.868. The molecule has 2 rings (SSSR count). The fourth-order valence-electron chi connectivity index (χ4n) is 1.89. The van der Waals surface area contributed by atoms with Crippen molar-refractivity contribution < 1.29 is 9.53 Å². The zero-order valence-corrected chi connectivity index (χ0v) is 11.2. The van der Waals surface area contributed by atoms with Crippen LogP contribution in [0.5, 0.6) is 5.75 Å². The number of amides is 1. The van der Waals surface area contributed by atoms with Crippen molar-refractivity contribution >= 4 is 17.5 Å². The van der Waals surface area contributed by atoms with Crippen LogP contribution < -0.4 is 10.1 Å². The Morgan fingerprint density at radius 2 is 2.17 bits per heavy atom. The quantitative estimate of drug-likeness (QED) is 0.902. The van der Waals surface area contributed by atoms with Crippen LogP contribution >= 0.6 is 11.6 Å². The van der Waals surface area contributed by atoms with Gasteiger partial charge in [-0.25, -0.2) is 0 Å². The number of hydrogen-bond acceptors (Lipinski definition) is 3. The number of hydrogen-bond donors (Lipinski definition) is 1. The summed E-state index contributed by atoms with van der Waals surface area (Å²) in [5.74, 6) is 0.696. The maximum Gasteiger partial charge on any atom is 0.260 e. The van der Waals surface area contributed by atoms with E-state index in [-0.39, 0.29) is 12.5 Å². The molecule has 5 heteroatoms. The summed E-state index contributed by atoms with van der Waals surface area (Å²) in [4.78, 5) is 13.7. The first-order chi connectivity index (χ1) is 8.68. The van der Waals surface area contributed by atoms with Crippen LogP contribution in [0.15, 0.2) is 18.2 Å². The Kier molecular flexibility index (Phi) is 4.44. The number of ether oxygens (including phenoxy) is 1. The molecular weight excluding hydrogens is 252 g/mol. The largest absolute Gasteiger partial charge is 0.483 e. The highest BCUT2D eigenvalue weighted by molar-refractivity contribution is 6.31. The van der Waals surface area contributed by atoms with E-state index in [0.717, 1.165) is 31.7 Å². The van der Waals surface area contributed by atoms with Gasteiger partial charge in [0.2, 0.25) is 0 Å². The van der Waals surface area contributed by atoms with E-state index in [2.05, 4.69) is 5.32 Å². The highest BCUT2D eigenvalue weighted by Gasteiger charge is 2.16. The topological polar surface area (TPSA) is 41.6 Å². The van der Waals surface area contributed by atoms with Crippen molar-refractivity contribution in [3.8, 4) is 5.75 Å². The number of carbonyl (C=O) groups excluding carboxylic acids is 1. The predicted molar refractivity (Wildman–Crippen MR) is 71.1 cm³/mol. The van der Waals surface area contributed by atoms with Crippen LogP contribution in [0, 0.1) is 6.92 Å². The zero-order valence-electron chi connectivity index (χ0n) is 10.4. The molecule has 1 heterocycles. The van der Waals surface area contributed by atoms with Crippen LogP contribution in [0.25, 0.3) is 0 Å². The van der Waals surface area contributed by atoms with Gasteiger partial charge in [-0.2, -0.15) is 0 Å². The van der Waals surface area contributed by atoms with Gasteiger partial charge in [0.15, 0.2) is 6.61 Å². The van der Waals surface area contributed by atoms with Crippen LogP contribution in [0.1, 0.15) is 5.56 Å². The van der Waals surface area contributed by atoms with E-state index in [9.17, 15) is 4.79 Å². The molecule has 0 saturated carbocycles. The first kappa shape index (κ1) is 13.2. The Balaban J connectivity index is 1.90. The lowest BCUT2D eigenvalue weighted by Gasteiger charge is -2.27. The second-order valence-corrected chi connectivity index (χ2v) is 4.69. The highest BCUT2D eigenvalue weighted by Crippen LogP contribution is 2.24. The van der Waals surface area contributed by atoms with E-state index in [1.807, 2.05) is 30.0 Å². The fourth-order valence-corrected chi connectivity index (χ4v) is 2.05. The van der Waals surface area contributed by atoms with Crippen molar-refractivity contribution in [2.24, 2.45) is 0 Å². The average Bonchev–Trinajstić information content (AvgIpc) is 2.41. The second-order valence-electron chi connectivity index (χ2n) is 4.28. The van der Waals surface area contributed by atoms with Crippen molar-refractivity contribution in [1.29, 1.82) is 0 Å². The van der Waals surface area contributed by atoms with E-state index < -0.39 is 0 Å². The molecule has 0 aromatic heterocycles. The van der Waals surface area contributed by atoms with Crippen LogP contribution in [0.2, 0.25) is 5.02 Å². The Morgan fingerprint density at radius 3 is 2.89 bits per heavy atom. The number of nitrogens with one attached hydrogen (secondary N) is 1. The zero-order chi connectivity index (χ0) is 13.0. The summed E-state index contributed by atoms with van der Waals surface area (Å²) >= 11 is 5.99. The molecular formula is C13H17ClN2O2. The molecule has 18 heavy (non-hydrogen) atoms. The van der Waals surface area contributed by atoms with Gasteiger partial charge in [-0.1, -0.05) is 17.7 Å². The van der Waals surface area contributed by atoms with Gasteiger partial charge in [0.05, 0.1) is 0 Å². The summed E-state index contributed by atoms with van der Waals surface area (Å²) in [6, 6.07) is 5.45. The molecule has 1 aliphatic rings. The minimum Gasteiger partial charge on any atom is -0.483 e. The monoisotopic (exact) mass is 268 g/mol. The molecule has 0 radical (unpaired) electrons. The second kappa shape index (κ2) is 6.07. The summed E-state index contributed by atoms with van der Waals surface area (Å²) in [7, 11) is 0. The maximum atomic E-state index is 11.9. The molecule has 1 amide bonds.